The number of nitrogens with zero attached hydrogens (tertiary/aromatic N) is 2. The predicted molar refractivity (Wildman–Crippen MR) is 115 cm³/mol. The Labute approximate surface area is 183 Å². The van der Waals surface area contributed by atoms with E-state index in [-0.39, 0.29) is 11.5 Å². The molecule has 4 N–H and O–H groups in total. The highest BCUT2D eigenvalue weighted by molar-refractivity contribution is 5.39. The number of aliphatic hydroxyl groups is 4. The van der Waals surface area contributed by atoms with E-state index in [1.54, 1.807) is 0 Å². The van der Waals surface area contributed by atoms with Crippen LogP contribution in [0, 0.1) is 0 Å². The molecule has 0 saturated carbocycles. The lowest BCUT2D eigenvalue weighted by Crippen LogP contribution is -2.60. The zero-order valence-electron chi connectivity index (χ0n) is 18.8. The average molecular weight is 435 g/mol. The number of hydrogen-bond acceptors (Lipinski definition) is 7. The molecular weight excluding hydrogens is 400 g/mol. The summed E-state index contributed by atoms with van der Waals surface area (Å²) < 4.78 is 13.5. The van der Waals surface area contributed by atoms with Gasteiger partial charge in [0, 0.05) is 17.7 Å². The van der Waals surface area contributed by atoms with Crippen LogP contribution in [0.2, 0.25) is 0 Å². The Hall–Kier alpha value is -1.97. The second kappa shape index (κ2) is 9.26. The number of ether oxygens (including phenoxy) is 2. The van der Waals surface area contributed by atoms with Crippen LogP contribution in [-0.4, -0.2) is 67.5 Å². The van der Waals surface area contributed by atoms with E-state index in [9.17, 15) is 20.4 Å². The standard InChI is InChI=1S/C23H34N2O6/c1-13(2)17-15(11-14-9-7-6-8-10-14)21(24-25(17)23(3,4)5)31-22-20(29)19(28)18(27)16(12-26)30-22/h6-10,13,16,18-20,22,26-29H,11-12H2,1-5H3/t16-,18-,19+,20-,22+/m1/s1. The molecule has 0 unspecified atom stereocenters. The van der Waals surface area contributed by atoms with Gasteiger partial charge in [-0.15, -0.1) is 5.10 Å². The molecule has 172 valence electrons. The topological polar surface area (TPSA) is 117 Å². The van der Waals surface area contributed by atoms with Crippen molar-refractivity contribution in [2.45, 2.75) is 83.2 Å². The summed E-state index contributed by atoms with van der Waals surface area (Å²) in [5.74, 6) is 0.449. The van der Waals surface area contributed by atoms with Crippen LogP contribution in [0.3, 0.4) is 0 Å². The minimum Gasteiger partial charge on any atom is -0.443 e. The van der Waals surface area contributed by atoms with Gasteiger partial charge in [-0.05, 0) is 32.3 Å². The normalized spacial score (nSPS) is 27.0. The highest BCUT2D eigenvalue weighted by Crippen LogP contribution is 2.35. The quantitative estimate of drug-likeness (QED) is 0.545. The van der Waals surface area contributed by atoms with Crippen molar-refractivity contribution in [2.24, 2.45) is 0 Å². The number of benzene rings is 1. The van der Waals surface area contributed by atoms with Gasteiger partial charge in [-0.2, -0.15) is 0 Å². The first-order valence-electron chi connectivity index (χ1n) is 10.7. The maximum Gasteiger partial charge on any atom is 0.239 e. The van der Waals surface area contributed by atoms with Crippen LogP contribution in [0.1, 0.15) is 57.4 Å². The molecule has 0 aliphatic carbocycles. The van der Waals surface area contributed by atoms with Crippen LogP contribution in [0.25, 0.3) is 0 Å². The summed E-state index contributed by atoms with van der Waals surface area (Å²) in [5, 5.41) is 44.8. The molecule has 0 spiro atoms. The molecule has 0 amide bonds. The van der Waals surface area contributed by atoms with Gasteiger partial charge in [-0.1, -0.05) is 44.2 Å². The second-order valence-corrected chi connectivity index (χ2v) is 9.38. The largest absolute Gasteiger partial charge is 0.443 e. The predicted octanol–water partition coefficient (Wildman–Crippen LogP) is 1.53. The number of aliphatic hydroxyl groups excluding tert-OH is 4. The molecule has 31 heavy (non-hydrogen) atoms. The van der Waals surface area contributed by atoms with E-state index >= 15 is 0 Å². The van der Waals surface area contributed by atoms with E-state index in [0.717, 1.165) is 16.8 Å². The van der Waals surface area contributed by atoms with E-state index in [4.69, 9.17) is 14.6 Å². The molecule has 0 radical (unpaired) electrons. The highest BCUT2D eigenvalue weighted by Gasteiger charge is 2.45. The third-order valence-corrected chi connectivity index (χ3v) is 5.47. The Balaban J connectivity index is 2.04. The number of rotatable bonds is 6. The van der Waals surface area contributed by atoms with Crippen molar-refractivity contribution in [2.75, 3.05) is 6.61 Å². The summed E-state index contributed by atoms with van der Waals surface area (Å²) in [6, 6.07) is 9.94. The zero-order chi connectivity index (χ0) is 22.9. The van der Waals surface area contributed by atoms with Crippen LogP contribution in [0.4, 0.5) is 0 Å². The van der Waals surface area contributed by atoms with Crippen molar-refractivity contribution < 1.29 is 29.9 Å². The maximum atomic E-state index is 10.4. The van der Waals surface area contributed by atoms with E-state index < -0.39 is 37.3 Å². The summed E-state index contributed by atoms with van der Waals surface area (Å²) in [7, 11) is 0. The van der Waals surface area contributed by atoms with Gasteiger partial charge < -0.3 is 29.9 Å². The second-order valence-electron chi connectivity index (χ2n) is 9.38. The first kappa shape index (κ1) is 23.7. The summed E-state index contributed by atoms with van der Waals surface area (Å²) in [6.45, 7) is 9.81. The lowest BCUT2D eigenvalue weighted by molar-refractivity contribution is -0.278. The lowest BCUT2D eigenvalue weighted by Gasteiger charge is -2.39. The molecule has 2 aromatic rings. The third kappa shape index (κ3) is 4.94. The molecule has 1 aromatic heterocycles. The average Bonchev–Trinajstić information content (AvgIpc) is 3.08. The fourth-order valence-electron chi connectivity index (χ4n) is 3.88. The van der Waals surface area contributed by atoms with Crippen molar-refractivity contribution in [1.29, 1.82) is 0 Å². The smallest absolute Gasteiger partial charge is 0.239 e. The van der Waals surface area contributed by atoms with E-state index in [2.05, 4.69) is 34.6 Å². The maximum absolute atomic E-state index is 10.4. The molecule has 1 aliphatic heterocycles. The van der Waals surface area contributed by atoms with Gasteiger partial charge in [0.2, 0.25) is 12.2 Å². The summed E-state index contributed by atoms with van der Waals surface area (Å²) in [6.07, 6.45) is -6.21. The summed E-state index contributed by atoms with van der Waals surface area (Å²) in [5.41, 5.74) is 2.64. The molecule has 1 aliphatic rings. The molecule has 2 heterocycles. The summed E-state index contributed by atoms with van der Waals surface area (Å²) >= 11 is 0. The van der Waals surface area contributed by atoms with Crippen molar-refractivity contribution in [3.05, 3.63) is 47.2 Å². The molecule has 1 saturated heterocycles. The first-order valence-corrected chi connectivity index (χ1v) is 10.7. The molecule has 3 rings (SSSR count). The van der Waals surface area contributed by atoms with Crippen LogP contribution in [-0.2, 0) is 16.7 Å². The Bertz CT molecular complexity index is 859. The van der Waals surface area contributed by atoms with Gasteiger partial charge in [0.25, 0.3) is 0 Å². The minimum absolute atomic E-state index is 0.151. The van der Waals surface area contributed by atoms with Gasteiger partial charge in [-0.25, -0.2) is 0 Å². The molecule has 0 bridgehead atoms. The van der Waals surface area contributed by atoms with Gasteiger partial charge in [-0.3, -0.25) is 4.68 Å². The number of hydrogen-bond donors (Lipinski definition) is 4. The van der Waals surface area contributed by atoms with Gasteiger partial charge in [0.15, 0.2) is 0 Å². The van der Waals surface area contributed by atoms with Gasteiger partial charge >= 0.3 is 0 Å². The highest BCUT2D eigenvalue weighted by atomic mass is 16.7. The van der Waals surface area contributed by atoms with Crippen molar-refractivity contribution in [1.82, 2.24) is 9.78 Å². The fourth-order valence-corrected chi connectivity index (χ4v) is 3.88. The van der Waals surface area contributed by atoms with Crippen molar-refractivity contribution in [3.8, 4) is 5.88 Å². The molecule has 1 aromatic carbocycles. The van der Waals surface area contributed by atoms with E-state index in [1.807, 2.05) is 35.0 Å². The molecular formula is C23H34N2O6. The van der Waals surface area contributed by atoms with Crippen molar-refractivity contribution >= 4 is 0 Å². The minimum atomic E-state index is -1.51. The third-order valence-electron chi connectivity index (χ3n) is 5.47. The SMILES string of the molecule is CC(C)c1c(Cc2ccccc2)c(O[C@@H]2O[C@H](CO)[C@@H](O)[C@H](O)[C@H]2O)nn1C(C)(C)C. The fraction of sp³-hybridized carbons (Fsp3) is 0.609. The van der Waals surface area contributed by atoms with Gasteiger partial charge in [0.1, 0.15) is 24.4 Å². The van der Waals surface area contributed by atoms with E-state index in [1.165, 1.54) is 0 Å². The monoisotopic (exact) mass is 434 g/mol. The van der Waals surface area contributed by atoms with Crippen LogP contribution in [0.5, 0.6) is 5.88 Å². The molecule has 1 fully saturated rings. The molecule has 5 atom stereocenters. The zero-order valence-corrected chi connectivity index (χ0v) is 18.8. The first-order chi connectivity index (χ1) is 14.5. The Kier molecular flexibility index (Phi) is 7.08. The Morgan fingerprint density at radius 2 is 1.71 bits per heavy atom. The lowest BCUT2D eigenvalue weighted by atomic mass is 9.97. The van der Waals surface area contributed by atoms with Crippen molar-refractivity contribution in [3.63, 3.8) is 0 Å². The van der Waals surface area contributed by atoms with Gasteiger partial charge in [0.05, 0.1) is 12.1 Å². The molecule has 8 heteroatoms. The summed E-state index contributed by atoms with van der Waals surface area (Å²) in [4.78, 5) is 0. The number of aromatic nitrogens is 2. The Morgan fingerprint density at radius 3 is 2.26 bits per heavy atom. The molecule has 8 nitrogen and oxygen atoms in total. The van der Waals surface area contributed by atoms with Crippen LogP contribution >= 0.6 is 0 Å². The Morgan fingerprint density at radius 1 is 1.06 bits per heavy atom. The van der Waals surface area contributed by atoms with Crippen LogP contribution < -0.4 is 4.74 Å². The van der Waals surface area contributed by atoms with Crippen LogP contribution in [0.15, 0.2) is 30.3 Å². The van der Waals surface area contributed by atoms with E-state index in [0.29, 0.717) is 12.3 Å².